The molecule has 0 bridgehead atoms. The highest BCUT2D eigenvalue weighted by molar-refractivity contribution is 5.94. The molecule has 1 amide bonds. The fourth-order valence-corrected chi connectivity index (χ4v) is 3.79. The lowest BCUT2D eigenvalue weighted by Gasteiger charge is -2.31. The molecule has 1 aliphatic carbocycles. The standard InChI is InChI=1S/C20H31N3O2/c1-15-5-3-4-6-19(15)21-16(2)20(24)22-17-7-9-18(10-8-17)23-11-13-25-14-12-23/h7-10,15-16,19,21H,3-6,11-14H2,1-2H3,(H,22,24)/t15-,16+,19+/m0/s1. The van der Waals surface area contributed by atoms with Crippen LogP contribution < -0.4 is 15.5 Å². The molecular weight excluding hydrogens is 314 g/mol. The maximum Gasteiger partial charge on any atom is 0.241 e. The fourth-order valence-electron chi connectivity index (χ4n) is 3.79. The van der Waals surface area contributed by atoms with E-state index < -0.39 is 0 Å². The lowest BCUT2D eigenvalue weighted by Crippen LogP contribution is -2.47. The maximum atomic E-state index is 12.5. The minimum absolute atomic E-state index is 0.0388. The molecule has 138 valence electrons. The average molecular weight is 345 g/mol. The molecule has 2 fully saturated rings. The molecule has 5 heteroatoms. The summed E-state index contributed by atoms with van der Waals surface area (Å²) < 4.78 is 5.39. The maximum absolute atomic E-state index is 12.5. The summed E-state index contributed by atoms with van der Waals surface area (Å²) in [6.45, 7) is 7.64. The monoisotopic (exact) mass is 345 g/mol. The Morgan fingerprint density at radius 1 is 1.16 bits per heavy atom. The second-order valence-corrected chi connectivity index (χ2v) is 7.39. The molecule has 1 aromatic carbocycles. The molecule has 0 radical (unpaired) electrons. The van der Waals surface area contributed by atoms with Crippen LogP contribution in [0.2, 0.25) is 0 Å². The van der Waals surface area contributed by atoms with E-state index in [2.05, 4.69) is 34.6 Å². The molecule has 0 unspecified atom stereocenters. The van der Waals surface area contributed by atoms with E-state index in [9.17, 15) is 4.79 Å². The topological polar surface area (TPSA) is 53.6 Å². The van der Waals surface area contributed by atoms with E-state index in [4.69, 9.17) is 4.74 Å². The molecule has 5 nitrogen and oxygen atoms in total. The molecule has 0 spiro atoms. The molecule has 2 N–H and O–H groups in total. The van der Waals surface area contributed by atoms with Crippen molar-refractivity contribution >= 4 is 17.3 Å². The zero-order valence-electron chi connectivity index (χ0n) is 15.5. The largest absolute Gasteiger partial charge is 0.378 e. The van der Waals surface area contributed by atoms with Gasteiger partial charge in [0.05, 0.1) is 19.3 Å². The predicted octanol–water partition coefficient (Wildman–Crippen LogP) is 3.02. The number of ether oxygens (including phenoxy) is 1. The van der Waals surface area contributed by atoms with Gasteiger partial charge in [-0.3, -0.25) is 4.79 Å². The quantitative estimate of drug-likeness (QED) is 0.861. The predicted molar refractivity (Wildman–Crippen MR) is 102 cm³/mol. The highest BCUT2D eigenvalue weighted by atomic mass is 16.5. The molecule has 3 atom stereocenters. The van der Waals surface area contributed by atoms with E-state index in [1.165, 1.54) is 31.4 Å². The summed E-state index contributed by atoms with van der Waals surface area (Å²) in [4.78, 5) is 14.8. The number of carbonyl (C=O) groups excluding carboxylic acids is 1. The zero-order chi connectivity index (χ0) is 17.6. The zero-order valence-corrected chi connectivity index (χ0v) is 15.5. The Bertz CT molecular complexity index is 555. The lowest BCUT2D eigenvalue weighted by molar-refractivity contribution is -0.118. The van der Waals surface area contributed by atoms with Crippen LogP contribution in [0.1, 0.15) is 39.5 Å². The molecule has 3 rings (SSSR count). The van der Waals surface area contributed by atoms with Crippen LogP contribution in [0.3, 0.4) is 0 Å². The minimum Gasteiger partial charge on any atom is -0.378 e. The van der Waals surface area contributed by atoms with Crippen molar-refractivity contribution in [2.75, 3.05) is 36.5 Å². The Labute approximate surface area is 151 Å². The Morgan fingerprint density at radius 2 is 1.84 bits per heavy atom. The first kappa shape index (κ1) is 18.2. The van der Waals surface area contributed by atoms with E-state index in [-0.39, 0.29) is 11.9 Å². The molecule has 2 aliphatic rings. The van der Waals surface area contributed by atoms with Crippen molar-refractivity contribution in [1.29, 1.82) is 0 Å². The van der Waals surface area contributed by atoms with Gasteiger partial charge in [0.15, 0.2) is 0 Å². The van der Waals surface area contributed by atoms with E-state index in [0.717, 1.165) is 32.0 Å². The molecule has 1 aromatic rings. The highest BCUT2D eigenvalue weighted by Gasteiger charge is 2.24. The first-order valence-corrected chi connectivity index (χ1v) is 9.63. The molecule has 0 aromatic heterocycles. The van der Waals surface area contributed by atoms with Gasteiger partial charge < -0.3 is 20.3 Å². The smallest absolute Gasteiger partial charge is 0.241 e. The van der Waals surface area contributed by atoms with Crippen LogP contribution in [-0.2, 0) is 9.53 Å². The molecule has 1 saturated heterocycles. The van der Waals surface area contributed by atoms with Gasteiger partial charge in [0.1, 0.15) is 0 Å². The number of amides is 1. The number of nitrogens with one attached hydrogen (secondary N) is 2. The number of hydrogen-bond acceptors (Lipinski definition) is 4. The first-order chi connectivity index (χ1) is 12.1. The summed E-state index contributed by atoms with van der Waals surface area (Å²) in [6, 6.07) is 8.39. The number of carbonyl (C=O) groups is 1. The molecule has 1 saturated carbocycles. The third-order valence-electron chi connectivity index (χ3n) is 5.48. The third kappa shape index (κ3) is 4.95. The second-order valence-electron chi connectivity index (χ2n) is 7.39. The third-order valence-corrected chi connectivity index (χ3v) is 5.48. The van der Waals surface area contributed by atoms with Crippen LogP contribution in [0, 0.1) is 5.92 Å². The van der Waals surface area contributed by atoms with Crippen molar-refractivity contribution in [3.63, 3.8) is 0 Å². The van der Waals surface area contributed by atoms with Crippen molar-refractivity contribution in [3.8, 4) is 0 Å². The number of hydrogen-bond donors (Lipinski definition) is 2. The van der Waals surface area contributed by atoms with Gasteiger partial charge in [-0.05, 0) is 49.9 Å². The van der Waals surface area contributed by atoms with Gasteiger partial charge in [-0.1, -0.05) is 19.8 Å². The summed E-state index contributed by atoms with van der Waals surface area (Å²) in [5, 5.41) is 6.55. The van der Waals surface area contributed by atoms with Crippen LogP contribution >= 0.6 is 0 Å². The van der Waals surface area contributed by atoms with Crippen LogP contribution in [0.25, 0.3) is 0 Å². The van der Waals surface area contributed by atoms with Crippen molar-refractivity contribution in [3.05, 3.63) is 24.3 Å². The molecular formula is C20H31N3O2. The van der Waals surface area contributed by atoms with Gasteiger partial charge in [0, 0.05) is 30.5 Å². The van der Waals surface area contributed by atoms with Crippen LogP contribution in [0.5, 0.6) is 0 Å². The lowest BCUT2D eigenvalue weighted by atomic mass is 9.85. The Kier molecular flexibility index (Phi) is 6.32. The van der Waals surface area contributed by atoms with Gasteiger partial charge >= 0.3 is 0 Å². The van der Waals surface area contributed by atoms with Crippen LogP contribution in [-0.4, -0.2) is 44.3 Å². The van der Waals surface area contributed by atoms with Gasteiger partial charge in [0.25, 0.3) is 0 Å². The van der Waals surface area contributed by atoms with E-state index in [1.807, 2.05) is 19.1 Å². The Morgan fingerprint density at radius 3 is 2.52 bits per heavy atom. The van der Waals surface area contributed by atoms with Gasteiger partial charge in [-0.15, -0.1) is 0 Å². The van der Waals surface area contributed by atoms with Crippen molar-refractivity contribution < 1.29 is 9.53 Å². The fraction of sp³-hybridized carbons (Fsp3) is 0.650. The van der Waals surface area contributed by atoms with Crippen molar-refractivity contribution in [2.24, 2.45) is 5.92 Å². The highest BCUT2D eigenvalue weighted by Crippen LogP contribution is 2.24. The number of nitrogens with zero attached hydrogens (tertiary/aromatic N) is 1. The van der Waals surface area contributed by atoms with Gasteiger partial charge in [-0.2, -0.15) is 0 Å². The normalized spacial score (nSPS) is 25.4. The summed E-state index contributed by atoms with van der Waals surface area (Å²) in [5.74, 6) is 0.689. The van der Waals surface area contributed by atoms with Gasteiger partial charge in [-0.25, -0.2) is 0 Å². The number of rotatable bonds is 5. The number of anilines is 2. The van der Waals surface area contributed by atoms with Crippen molar-refractivity contribution in [1.82, 2.24) is 5.32 Å². The summed E-state index contributed by atoms with van der Waals surface area (Å²) in [6.07, 6.45) is 5.01. The van der Waals surface area contributed by atoms with Gasteiger partial charge in [0.2, 0.25) is 5.91 Å². The molecule has 25 heavy (non-hydrogen) atoms. The summed E-state index contributed by atoms with van der Waals surface area (Å²) >= 11 is 0. The SMILES string of the molecule is C[C@@H](N[C@@H]1CCCC[C@@H]1C)C(=O)Nc1ccc(N2CCOCC2)cc1. The van der Waals surface area contributed by atoms with Crippen LogP contribution in [0.15, 0.2) is 24.3 Å². The first-order valence-electron chi connectivity index (χ1n) is 9.63. The minimum atomic E-state index is -0.176. The summed E-state index contributed by atoms with van der Waals surface area (Å²) in [5.41, 5.74) is 2.04. The Balaban J connectivity index is 1.51. The van der Waals surface area contributed by atoms with E-state index >= 15 is 0 Å². The molecule has 1 aliphatic heterocycles. The van der Waals surface area contributed by atoms with E-state index in [0.29, 0.717) is 12.0 Å². The molecule has 1 heterocycles. The number of benzene rings is 1. The number of morpholine rings is 1. The van der Waals surface area contributed by atoms with Crippen LogP contribution in [0.4, 0.5) is 11.4 Å². The Hall–Kier alpha value is -1.59. The average Bonchev–Trinajstić information content (AvgIpc) is 2.65. The second kappa shape index (κ2) is 8.68. The van der Waals surface area contributed by atoms with Crippen molar-refractivity contribution in [2.45, 2.75) is 51.6 Å². The van der Waals surface area contributed by atoms with E-state index in [1.54, 1.807) is 0 Å². The summed E-state index contributed by atoms with van der Waals surface area (Å²) in [7, 11) is 0.